The van der Waals surface area contributed by atoms with Crippen molar-refractivity contribution in [3.63, 3.8) is 0 Å². The van der Waals surface area contributed by atoms with E-state index < -0.39 is 35.6 Å². The summed E-state index contributed by atoms with van der Waals surface area (Å²) in [7, 11) is 4.90. The number of carbonyl (C=O) groups excluding carboxylic acids is 4. The Morgan fingerprint density at radius 2 is 1.75 bits per heavy atom. The normalized spacial score (nSPS) is 19.9. The Bertz CT molecular complexity index is 1450. The van der Waals surface area contributed by atoms with Gasteiger partial charge in [-0.1, -0.05) is 51.1 Å². The van der Waals surface area contributed by atoms with Gasteiger partial charge in [0.05, 0.1) is 48.2 Å². The molecule has 13 heteroatoms. The number of amides is 4. The smallest absolute Gasteiger partial charge is 0.245 e. The second-order valence-electron chi connectivity index (χ2n) is 15.1. The van der Waals surface area contributed by atoms with Gasteiger partial charge in [0, 0.05) is 39.4 Å². The summed E-state index contributed by atoms with van der Waals surface area (Å²) in [4.78, 5) is 62.6. The minimum absolute atomic E-state index is 0.0700. The van der Waals surface area contributed by atoms with E-state index in [4.69, 9.17) is 15.2 Å². The predicted molar refractivity (Wildman–Crippen MR) is 198 cm³/mol. The molecule has 7 atom stereocenters. The van der Waals surface area contributed by atoms with Gasteiger partial charge in [-0.3, -0.25) is 19.2 Å². The molecule has 2 aromatic rings. The van der Waals surface area contributed by atoms with Gasteiger partial charge in [0.2, 0.25) is 23.6 Å². The molecule has 1 saturated heterocycles. The molecule has 1 saturated carbocycles. The Morgan fingerprint density at radius 1 is 1.06 bits per heavy atom. The molecular formula is C38H58N6O6S. The highest BCUT2D eigenvalue weighted by Crippen LogP contribution is 2.39. The number of methoxy groups -OCH3 is 2. The summed E-state index contributed by atoms with van der Waals surface area (Å²) >= 11 is 1.50. The fourth-order valence-corrected chi connectivity index (χ4v) is 7.88. The van der Waals surface area contributed by atoms with Crippen molar-refractivity contribution < 1.29 is 28.7 Å². The molecule has 1 aromatic heterocycles. The number of aromatic nitrogens is 1. The average Bonchev–Trinajstić information content (AvgIpc) is 3.54. The summed E-state index contributed by atoms with van der Waals surface area (Å²) in [6, 6.07) is 8.27. The molecular weight excluding hydrogens is 669 g/mol. The maximum atomic E-state index is 14.1. The number of benzene rings is 1. The standard InChI is InChI=1S/C38H58N6O6S/c1-23(2)31(42-37(48)38(4,5)39)36(47)43(6)32(26-16-17-26)29(49-7)22-30(45)44-19-12-15-28(44)33(50-8)24(3)34(46)41-27(35-40-18-20-51-35)21-25-13-10-9-11-14-25/h9-11,13-14,18,20,23-24,26-29,31-33H,12,15-17,19,21-22,39H2,1-8H3,(H,41,46)(H,42,48)/t24-,27+,28+,29-,31+,32+,33-/m1/s1. The molecule has 0 spiro atoms. The monoisotopic (exact) mass is 726 g/mol. The summed E-state index contributed by atoms with van der Waals surface area (Å²) in [6.07, 6.45) is 4.65. The molecule has 0 unspecified atom stereocenters. The van der Waals surface area contributed by atoms with Gasteiger partial charge in [0.1, 0.15) is 11.0 Å². The summed E-state index contributed by atoms with van der Waals surface area (Å²) in [5.74, 6) is -1.46. The number of rotatable bonds is 18. The molecule has 4 rings (SSSR count). The van der Waals surface area contributed by atoms with E-state index in [9.17, 15) is 19.2 Å². The lowest BCUT2D eigenvalue weighted by Gasteiger charge is -2.39. The Kier molecular flexibility index (Phi) is 14.2. The van der Waals surface area contributed by atoms with Gasteiger partial charge in [-0.2, -0.15) is 0 Å². The van der Waals surface area contributed by atoms with Crippen molar-refractivity contribution in [2.45, 2.75) is 115 Å². The Labute approximate surface area is 307 Å². The lowest BCUT2D eigenvalue weighted by molar-refractivity contribution is -0.147. The zero-order valence-electron chi connectivity index (χ0n) is 31.5. The third kappa shape index (κ3) is 10.4. The maximum absolute atomic E-state index is 14.1. The van der Waals surface area contributed by atoms with Crippen molar-refractivity contribution in [3.8, 4) is 0 Å². The number of nitrogens with two attached hydrogens (primary N) is 1. The molecule has 1 aromatic carbocycles. The van der Waals surface area contributed by atoms with E-state index in [1.165, 1.54) is 11.3 Å². The van der Waals surface area contributed by atoms with Crippen LogP contribution in [0.1, 0.15) is 83.3 Å². The first-order chi connectivity index (χ1) is 24.2. The number of likely N-dealkylation sites (tertiary alicyclic amines) is 1. The average molecular weight is 727 g/mol. The van der Waals surface area contributed by atoms with Crippen molar-refractivity contribution in [2.24, 2.45) is 23.5 Å². The first-order valence-electron chi connectivity index (χ1n) is 18.1. The second-order valence-corrected chi connectivity index (χ2v) is 16.0. The quantitative estimate of drug-likeness (QED) is 0.210. The molecule has 12 nitrogen and oxygen atoms in total. The van der Waals surface area contributed by atoms with E-state index >= 15 is 0 Å². The van der Waals surface area contributed by atoms with Crippen molar-refractivity contribution in [3.05, 3.63) is 52.5 Å². The van der Waals surface area contributed by atoms with Crippen molar-refractivity contribution in [1.29, 1.82) is 0 Å². The highest BCUT2D eigenvalue weighted by molar-refractivity contribution is 7.09. The van der Waals surface area contributed by atoms with Crippen LogP contribution in [0.3, 0.4) is 0 Å². The van der Waals surface area contributed by atoms with Gasteiger partial charge in [0.15, 0.2) is 0 Å². The number of carbonyl (C=O) groups is 4. The van der Waals surface area contributed by atoms with Crippen LogP contribution in [0.25, 0.3) is 0 Å². The molecule has 4 amide bonds. The topological polar surface area (TPSA) is 156 Å². The highest BCUT2D eigenvalue weighted by Gasteiger charge is 2.46. The molecule has 0 radical (unpaired) electrons. The van der Waals surface area contributed by atoms with Gasteiger partial charge in [0.25, 0.3) is 0 Å². The van der Waals surface area contributed by atoms with Crippen LogP contribution in [0, 0.1) is 17.8 Å². The number of hydrogen-bond acceptors (Lipinski definition) is 9. The molecule has 2 heterocycles. The van der Waals surface area contributed by atoms with Crippen LogP contribution in [0.2, 0.25) is 0 Å². The van der Waals surface area contributed by atoms with E-state index in [0.717, 1.165) is 29.8 Å². The lowest BCUT2D eigenvalue weighted by atomic mass is 9.93. The Hall–Kier alpha value is -3.39. The third-order valence-electron chi connectivity index (χ3n) is 10.3. The van der Waals surface area contributed by atoms with Crippen LogP contribution in [0.4, 0.5) is 0 Å². The number of likely N-dealkylation sites (N-methyl/N-ethyl adjacent to an activating group) is 1. The first-order valence-corrected chi connectivity index (χ1v) is 19.0. The van der Waals surface area contributed by atoms with Gasteiger partial charge in [-0.05, 0) is 63.4 Å². The van der Waals surface area contributed by atoms with E-state index in [1.54, 1.807) is 46.2 Å². The molecule has 2 fully saturated rings. The Morgan fingerprint density at radius 3 is 2.29 bits per heavy atom. The largest absolute Gasteiger partial charge is 0.379 e. The van der Waals surface area contributed by atoms with Crippen molar-refractivity contribution in [2.75, 3.05) is 27.8 Å². The molecule has 2 aliphatic rings. The van der Waals surface area contributed by atoms with E-state index in [2.05, 4.69) is 15.6 Å². The number of thiazole rings is 1. The van der Waals surface area contributed by atoms with Crippen LogP contribution < -0.4 is 16.4 Å². The fraction of sp³-hybridized carbons (Fsp3) is 0.658. The number of nitrogens with zero attached hydrogens (tertiary/aromatic N) is 3. The second kappa shape index (κ2) is 17.9. The minimum atomic E-state index is -1.14. The SMILES string of the molecule is CO[C@H]([C@@H](C)C(=O)N[C@@H](Cc1ccccc1)c1nccs1)[C@@H]1CCCN1C(=O)C[C@@H](OC)[C@H](C1CC1)N(C)C(=O)[C@@H](NC(=O)C(C)(C)N)C(C)C. The molecule has 4 N–H and O–H groups in total. The summed E-state index contributed by atoms with van der Waals surface area (Å²) in [5.41, 5.74) is 5.97. The van der Waals surface area contributed by atoms with E-state index in [0.29, 0.717) is 19.4 Å². The Balaban J connectivity index is 1.46. The van der Waals surface area contributed by atoms with Crippen LogP contribution in [-0.4, -0.2) is 102 Å². The molecule has 282 valence electrons. The van der Waals surface area contributed by atoms with Crippen molar-refractivity contribution in [1.82, 2.24) is 25.4 Å². The first kappa shape index (κ1) is 40.4. The predicted octanol–water partition coefficient (Wildman–Crippen LogP) is 3.71. The summed E-state index contributed by atoms with van der Waals surface area (Å²) in [5, 5.41) is 8.80. The summed E-state index contributed by atoms with van der Waals surface area (Å²) in [6.45, 7) is 9.37. The van der Waals surface area contributed by atoms with Gasteiger partial charge in [-0.25, -0.2) is 4.98 Å². The number of ether oxygens (including phenoxy) is 2. The van der Waals surface area contributed by atoms with Crippen LogP contribution in [-0.2, 0) is 35.1 Å². The number of hydrogen-bond donors (Lipinski definition) is 3. The van der Waals surface area contributed by atoms with Crippen molar-refractivity contribution >= 4 is 35.0 Å². The fourth-order valence-electron chi connectivity index (χ4n) is 7.19. The molecule has 51 heavy (non-hydrogen) atoms. The van der Waals surface area contributed by atoms with Gasteiger partial charge < -0.3 is 35.6 Å². The lowest BCUT2D eigenvalue weighted by Crippen LogP contribution is -2.60. The molecule has 0 bridgehead atoms. The molecule has 1 aliphatic heterocycles. The van der Waals surface area contributed by atoms with Gasteiger partial charge in [-0.15, -0.1) is 11.3 Å². The third-order valence-corrected chi connectivity index (χ3v) is 11.2. The minimum Gasteiger partial charge on any atom is -0.379 e. The molecule has 1 aliphatic carbocycles. The van der Waals surface area contributed by atoms with Gasteiger partial charge >= 0.3 is 0 Å². The van der Waals surface area contributed by atoms with E-state index in [1.807, 2.05) is 61.4 Å². The summed E-state index contributed by atoms with van der Waals surface area (Å²) < 4.78 is 12.0. The zero-order valence-corrected chi connectivity index (χ0v) is 32.3. The number of nitrogens with one attached hydrogen (secondary N) is 2. The zero-order chi connectivity index (χ0) is 37.5. The van der Waals surface area contributed by atoms with E-state index in [-0.39, 0.29) is 54.1 Å². The van der Waals surface area contributed by atoms with Crippen LogP contribution in [0.5, 0.6) is 0 Å². The van der Waals surface area contributed by atoms with Crippen LogP contribution >= 0.6 is 11.3 Å². The van der Waals surface area contributed by atoms with Crippen LogP contribution in [0.15, 0.2) is 41.9 Å². The maximum Gasteiger partial charge on any atom is 0.245 e. The highest BCUT2D eigenvalue weighted by atomic mass is 32.1.